The Labute approximate surface area is 154 Å². The van der Waals surface area contributed by atoms with Crippen LogP contribution < -0.4 is 5.32 Å². The predicted molar refractivity (Wildman–Crippen MR) is 107 cm³/mol. The maximum Gasteiger partial charge on any atom is 0.162 e. The van der Waals surface area contributed by atoms with E-state index in [1.807, 2.05) is 60.7 Å². The van der Waals surface area contributed by atoms with Gasteiger partial charge in [-0.3, -0.25) is 0 Å². The van der Waals surface area contributed by atoms with Crippen LogP contribution in [0.1, 0.15) is 5.56 Å². The highest BCUT2D eigenvalue weighted by molar-refractivity contribution is 9.10. The fraction of sp³-hybridized carbons (Fsp3) is 0.0476. The summed E-state index contributed by atoms with van der Waals surface area (Å²) >= 11 is 3.55. The molecule has 0 spiro atoms. The van der Waals surface area contributed by atoms with Gasteiger partial charge in [-0.2, -0.15) is 0 Å². The lowest BCUT2D eigenvalue weighted by atomic mass is 10.1. The number of aromatic nitrogens is 2. The fourth-order valence-electron chi connectivity index (χ4n) is 2.75. The third kappa shape index (κ3) is 3.26. The summed E-state index contributed by atoms with van der Waals surface area (Å²) in [4.78, 5) is 9.54. The Bertz CT molecular complexity index is 1050. The zero-order chi connectivity index (χ0) is 17.2. The smallest absolute Gasteiger partial charge is 0.162 e. The molecule has 0 aliphatic rings. The molecule has 1 aromatic heterocycles. The van der Waals surface area contributed by atoms with Crippen molar-refractivity contribution in [3.05, 3.63) is 82.8 Å². The summed E-state index contributed by atoms with van der Waals surface area (Å²) in [6, 6.07) is 24.3. The molecule has 0 unspecified atom stereocenters. The van der Waals surface area contributed by atoms with Crippen LogP contribution in [0, 0.1) is 6.92 Å². The number of rotatable bonds is 3. The van der Waals surface area contributed by atoms with E-state index in [1.54, 1.807) is 0 Å². The Morgan fingerprint density at radius 3 is 2.40 bits per heavy atom. The number of para-hydroxylation sites is 1. The molecule has 0 amide bonds. The van der Waals surface area contributed by atoms with E-state index in [9.17, 15) is 0 Å². The summed E-state index contributed by atoms with van der Waals surface area (Å²) in [5.74, 6) is 1.52. The van der Waals surface area contributed by atoms with Crippen molar-refractivity contribution >= 4 is 38.3 Å². The lowest BCUT2D eigenvalue weighted by Crippen LogP contribution is -2.00. The fourth-order valence-corrected chi connectivity index (χ4v) is 3.11. The van der Waals surface area contributed by atoms with Gasteiger partial charge < -0.3 is 5.32 Å². The van der Waals surface area contributed by atoms with Crippen LogP contribution in [-0.2, 0) is 0 Å². The van der Waals surface area contributed by atoms with Crippen LogP contribution >= 0.6 is 15.9 Å². The number of aryl methyl sites for hydroxylation is 1. The summed E-state index contributed by atoms with van der Waals surface area (Å²) in [6.07, 6.45) is 0. The molecule has 0 aliphatic heterocycles. The molecule has 1 N–H and O–H groups in total. The average molecular weight is 390 g/mol. The summed E-state index contributed by atoms with van der Waals surface area (Å²) in [5.41, 5.74) is 4.13. The zero-order valence-corrected chi connectivity index (χ0v) is 15.3. The topological polar surface area (TPSA) is 37.8 Å². The maximum atomic E-state index is 4.81. The van der Waals surface area contributed by atoms with Crippen LogP contribution in [-0.4, -0.2) is 9.97 Å². The molecule has 1 heterocycles. The van der Waals surface area contributed by atoms with Crippen molar-refractivity contribution in [2.75, 3.05) is 5.32 Å². The number of fused-ring (bicyclic) bond motifs is 1. The molecule has 0 saturated carbocycles. The minimum Gasteiger partial charge on any atom is -0.339 e. The molecule has 0 atom stereocenters. The zero-order valence-electron chi connectivity index (χ0n) is 13.7. The minimum atomic E-state index is 0.714. The van der Waals surface area contributed by atoms with Gasteiger partial charge in [-0.05, 0) is 36.8 Å². The standard InChI is InChI=1S/C21H16BrN3/c1-14-7-5-6-10-18(14)23-21-17-13-16(22)11-12-19(17)24-20(25-21)15-8-3-2-4-9-15/h2-13H,1H3,(H,23,24,25). The van der Waals surface area contributed by atoms with Gasteiger partial charge in [0.15, 0.2) is 5.82 Å². The van der Waals surface area contributed by atoms with Gasteiger partial charge in [-0.1, -0.05) is 64.5 Å². The van der Waals surface area contributed by atoms with E-state index in [0.29, 0.717) is 5.82 Å². The van der Waals surface area contributed by atoms with Crippen molar-refractivity contribution in [1.29, 1.82) is 0 Å². The van der Waals surface area contributed by atoms with Crippen molar-refractivity contribution in [2.24, 2.45) is 0 Å². The van der Waals surface area contributed by atoms with E-state index in [0.717, 1.165) is 32.4 Å². The van der Waals surface area contributed by atoms with Crippen LogP contribution in [0.2, 0.25) is 0 Å². The van der Waals surface area contributed by atoms with Crippen LogP contribution in [0.5, 0.6) is 0 Å². The highest BCUT2D eigenvalue weighted by Gasteiger charge is 2.11. The number of nitrogens with one attached hydrogen (secondary N) is 1. The highest BCUT2D eigenvalue weighted by atomic mass is 79.9. The third-order valence-electron chi connectivity index (χ3n) is 4.09. The average Bonchev–Trinajstić information content (AvgIpc) is 2.64. The second-order valence-corrected chi connectivity index (χ2v) is 6.78. The molecule has 25 heavy (non-hydrogen) atoms. The first-order valence-electron chi connectivity index (χ1n) is 8.06. The van der Waals surface area contributed by atoms with Crippen LogP contribution in [0.25, 0.3) is 22.3 Å². The lowest BCUT2D eigenvalue weighted by Gasteiger charge is -2.13. The first kappa shape index (κ1) is 15.8. The van der Waals surface area contributed by atoms with Crippen molar-refractivity contribution in [3.63, 3.8) is 0 Å². The number of hydrogen-bond donors (Lipinski definition) is 1. The Kier molecular flexibility index (Phi) is 4.20. The first-order chi connectivity index (χ1) is 12.2. The predicted octanol–water partition coefficient (Wildman–Crippen LogP) is 6.11. The largest absolute Gasteiger partial charge is 0.339 e. The number of anilines is 2. The molecule has 3 nitrogen and oxygen atoms in total. The quantitative estimate of drug-likeness (QED) is 0.459. The first-order valence-corrected chi connectivity index (χ1v) is 8.85. The molecule has 0 aliphatic carbocycles. The van der Waals surface area contributed by atoms with Gasteiger partial charge in [0.25, 0.3) is 0 Å². The van der Waals surface area contributed by atoms with Gasteiger partial charge in [0.05, 0.1) is 5.52 Å². The highest BCUT2D eigenvalue weighted by Crippen LogP contribution is 2.30. The summed E-state index contributed by atoms with van der Waals surface area (Å²) in [7, 11) is 0. The van der Waals surface area contributed by atoms with Crippen molar-refractivity contribution in [2.45, 2.75) is 6.92 Å². The molecular formula is C21H16BrN3. The number of halogens is 1. The van der Waals surface area contributed by atoms with Crippen molar-refractivity contribution in [3.8, 4) is 11.4 Å². The Balaban J connectivity index is 1.91. The van der Waals surface area contributed by atoms with E-state index in [-0.39, 0.29) is 0 Å². The molecule has 3 aromatic carbocycles. The summed E-state index contributed by atoms with van der Waals surface area (Å²) in [6.45, 7) is 2.08. The second kappa shape index (κ2) is 6.65. The Morgan fingerprint density at radius 2 is 1.60 bits per heavy atom. The lowest BCUT2D eigenvalue weighted by molar-refractivity contribution is 1.22. The molecule has 0 radical (unpaired) electrons. The van der Waals surface area contributed by atoms with Gasteiger partial charge in [0.2, 0.25) is 0 Å². The van der Waals surface area contributed by atoms with E-state index in [1.165, 1.54) is 5.56 Å². The van der Waals surface area contributed by atoms with Gasteiger partial charge in [0, 0.05) is 21.1 Å². The molecule has 4 heteroatoms. The number of benzene rings is 3. The molecule has 4 rings (SSSR count). The Morgan fingerprint density at radius 1 is 0.840 bits per heavy atom. The minimum absolute atomic E-state index is 0.714. The monoisotopic (exact) mass is 389 g/mol. The molecule has 122 valence electrons. The van der Waals surface area contributed by atoms with Gasteiger partial charge in [-0.15, -0.1) is 0 Å². The summed E-state index contributed by atoms with van der Waals surface area (Å²) in [5, 5.41) is 4.46. The van der Waals surface area contributed by atoms with E-state index < -0.39 is 0 Å². The third-order valence-corrected chi connectivity index (χ3v) is 4.58. The second-order valence-electron chi connectivity index (χ2n) is 5.86. The SMILES string of the molecule is Cc1ccccc1Nc1nc(-c2ccccc2)nc2ccc(Br)cc12. The molecule has 0 fully saturated rings. The number of nitrogens with zero attached hydrogens (tertiary/aromatic N) is 2. The van der Waals surface area contributed by atoms with Crippen LogP contribution in [0.3, 0.4) is 0 Å². The van der Waals surface area contributed by atoms with Crippen LogP contribution in [0.4, 0.5) is 11.5 Å². The van der Waals surface area contributed by atoms with Gasteiger partial charge in [-0.25, -0.2) is 9.97 Å². The van der Waals surface area contributed by atoms with Crippen molar-refractivity contribution < 1.29 is 0 Å². The van der Waals surface area contributed by atoms with Gasteiger partial charge in [0.1, 0.15) is 5.82 Å². The van der Waals surface area contributed by atoms with E-state index in [2.05, 4.69) is 40.3 Å². The van der Waals surface area contributed by atoms with E-state index in [4.69, 9.17) is 9.97 Å². The van der Waals surface area contributed by atoms with Crippen LogP contribution in [0.15, 0.2) is 77.3 Å². The maximum absolute atomic E-state index is 4.81. The molecule has 4 aromatic rings. The van der Waals surface area contributed by atoms with Crippen molar-refractivity contribution in [1.82, 2.24) is 9.97 Å². The molecule has 0 saturated heterocycles. The Hall–Kier alpha value is -2.72. The number of hydrogen-bond acceptors (Lipinski definition) is 3. The molecule has 0 bridgehead atoms. The molecular weight excluding hydrogens is 374 g/mol. The summed E-state index contributed by atoms with van der Waals surface area (Å²) < 4.78 is 1.00. The normalized spacial score (nSPS) is 10.8. The van der Waals surface area contributed by atoms with Gasteiger partial charge >= 0.3 is 0 Å². The van der Waals surface area contributed by atoms with E-state index >= 15 is 0 Å².